The molecule has 0 bridgehead atoms. The molecule has 1 unspecified atom stereocenters. The van der Waals surface area contributed by atoms with Crippen LogP contribution in [0.25, 0.3) is 0 Å². The highest BCUT2D eigenvalue weighted by molar-refractivity contribution is 6.10. The number of para-hydroxylation sites is 1. The Bertz CT molecular complexity index is 1100. The van der Waals surface area contributed by atoms with Crippen molar-refractivity contribution in [2.24, 2.45) is 0 Å². The van der Waals surface area contributed by atoms with Crippen LogP contribution < -0.4 is 15.4 Å². The molecule has 1 aliphatic rings. The standard InChI is InChI=1S/C25H28F3N3O4/c1-14(2)18-7-6-8-19(15(3)4)21(18)29-20(32)13-31-22(33)24(5,30-23(31)34)16-9-11-17(12-10-16)35-25(26,27)28/h6-12,14-15H,13H2,1-5H3,(H,29,32)(H,30,34). The molecule has 10 heteroatoms. The first-order valence-corrected chi connectivity index (χ1v) is 11.2. The SMILES string of the molecule is CC(C)c1cccc(C(C)C)c1NC(=O)CN1C(=O)NC(C)(c2ccc(OC(F)(F)F)cc2)C1=O. The van der Waals surface area contributed by atoms with E-state index in [1.54, 1.807) is 0 Å². The molecule has 1 aliphatic heterocycles. The number of hydrogen-bond acceptors (Lipinski definition) is 4. The molecule has 0 spiro atoms. The van der Waals surface area contributed by atoms with E-state index in [4.69, 9.17) is 0 Å². The Morgan fingerprint density at radius 3 is 2.06 bits per heavy atom. The summed E-state index contributed by atoms with van der Waals surface area (Å²) in [6, 6.07) is 9.62. The maximum Gasteiger partial charge on any atom is 0.573 e. The summed E-state index contributed by atoms with van der Waals surface area (Å²) in [5, 5.41) is 5.41. The van der Waals surface area contributed by atoms with Crippen LogP contribution in [0.5, 0.6) is 5.75 Å². The van der Waals surface area contributed by atoms with Crippen LogP contribution in [0.1, 0.15) is 63.1 Å². The number of carbonyl (C=O) groups is 3. The number of urea groups is 1. The molecule has 0 saturated carbocycles. The Morgan fingerprint density at radius 1 is 1.03 bits per heavy atom. The van der Waals surface area contributed by atoms with Crippen molar-refractivity contribution >= 4 is 23.5 Å². The number of ether oxygens (including phenoxy) is 1. The Kier molecular flexibility index (Phi) is 7.14. The zero-order chi connectivity index (χ0) is 26.1. The summed E-state index contributed by atoms with van der Waals surface area (Å²) in [4.78, 5) is 39.5. The Balaban J connectivity index is 1.79. The lowest BCUT2D eigenvalue weighted by Crippen LogP contribution is -2.42. The smallest absolute Gasteiger partial charge is 0.406 e. The Labute approximate surface area is 201 Å². The molecule has 4 amide bonds. The fourth-order valence-electron chi connectivity index (χ4n) is 4.04. The third kappa shape index (κ3) is 5.58. The van der Waals surface area contributed by atoms with Crippen LogP contribution in [0.15, 0.2) is 42.5 Å². The van der Waals surface area contributed by atoms with Gasteiger partial charge in [-0.05, 0) is 47.6 Å². The third-order valence-corrected chi connectivity index (χ3v) is 5.88. The van der Waals surface area contributed by atoms with Gasteiger partial charge in [0.25, 0.3) is 5.91 Å². The van der Waals surface area contributed by atoms with E-state index in [1.807, 2.05) is 45.9 Å². The zero-order valence-electron chi connectivity index (χ0n) is 20.1. The van der Waals surface area contributed by atoms with Crippen molar-refractivity contribution in [1.29, 1.82) is 0 Å². The van der Waals surface area contributed by atoms with Gasteiger partial charge in [0.15, 0.2) is 0 Å². The van der Waals surface area contributed by atoms with Crippen LogP contribution in [0.3, 0.4) is 0 Å². The summed E-state index contributed by atoms with van der Waals surface area (Å²) >= 11 is 0. The van der Waals surface area contributed by atoms with Crippen LogP contribution in [-0.2, 0) is 15.1 Å². The highest BCUT2D eigenvalue weighted by Gasteiger charge is 2.49. The lowest BCUT2D eigenvalue weighted by atomic mass is 9.92. The number of anilines is 1. The molecule has 1 atom stereocenters. The minimum absolute atomic E-state index is 0.133. The van der Waals surface area contributed by atoms with E-state index in [-0.39, 0.29) is 17.4 Å². The highest BCUT2D eigenvalue weighted by Crippen LogP contribution is 2.34. The second-order valence-corrected chi connectivity index (χ2v) is 9.19. The van der Waals surface area contributed by atoms with Crippen LogP contribution in [0.2, 0.25) is 0 Å². The first kappa shape index (κ1) is 26.1. The number of nitrogens with zero attached hydrogens (tertiary/aromatic N) is 1. The Hall–Kier alpha value is -3.56. The van der Waals surface area contributed by atoms with E-state index in [0.29, 0.717) is 5.69 Å². The molecule has 1 saturated heterocycles. The Morgan fingerprint density at radius 2 is 1.57 bits per heavy atom. The van der Waals surface area contributed by atoms with E-state index in [0.717, 1.165) is 28.2 Å². The molecule has 1 heterocycles. The molecule has 1 fully saturated rings. The van der Waals surface area contributed by atoms with Crippen LogP contribution in [-0.4, -0.2) is 35.7 Å². The maximum atomic E-state index is 13.1. The molecule has 3 rings (SSSR count). The van der Waals surface area contributed by atoms with Gasteiger partial charge in [0.05, 0.1) is 0 Å². The summed E-state index contributed by atoms with van der Waals surface area (Å²) in [6.45, 7) is 8.92. The third-order valence-electron chi connectivity index (χ3n) is 5.88. The average Bonchev–Trinajstić information content (AvgIpc) is 2.96. The van der Waals surface area contributed by atoms with Gasteiger partial charge in [-0.2, -0.15) is 0 Å². The summed E-state index contributed by atoms with van der Waals surface area (Å²) in [5.74, 6) is -1.42. The van der Waals surface area contributed by atoms with Gasteiger partial charge in [-0.25, -0.2) is 4.79 Å². The van der Waals surface area contributed by atoms with Gasteiger partial charge in [0.1, 0.15) is 17.8 Å². The van der Waals surface area contributed by atoms with E-state index in [2.05, 4.69) is 15.4 Å². The summed E-state index contributed by atoms with van der Waals surface area (Å²) in [7, 11) is 0. The van der Waals surface area contributed by atoms with Gasteiger partial charge in [-0.3, -0.25) is 14.5 Å². The number of amides is 4. The number of carbonyl (C=O) groups excluding carboxylic acids is 3. The van der Waals surface area contributed by atoms with Crippen LogP contribution in [0, 0.1) is 0 Å². The summed E-state index contributed by atoms with van der Waals surface area (Å²) in [5.41, 5.74) is 1.24. The summed E-state index contributed by atoms with van der Waals surface area (Å²) < 4.78 is 41.1. The fourth-order valence-corrected chi connectivity index (χ4v) is 4.04. The van der Waals surface area contributed by atoms with Gasteiger partial charge in [0, 0.05) is 5.69 Å². The molecule has 35 heavy (non-hydrogen) atoms. The number of benzene rings is 2. The van der Waals surface area contributed by atoms with Crippen molar-refractivity contribution in [2.75, 3.05) is 11.9 Å². The maximum absolute atomic E-state index is 13.1. The minimum atomic E-state index is -4.85. The van der Waals surface area contributed by atoms with E-state index in [1.165, 1.54) is 19.1 Å². The lowest BCUT2D eigenvalue weighted by Gasteiger charge is -2.23. The van der Waals surface area contributed by atoms with Crippen molar-refractivity contribution in [1.82, 2.24) is 10.2 Å². The molecular formula is C25H28F3N3O4. The fraction of sp³-hybridized carbons (Fsp3) is 0.400. The minimum Gasteiger partial charge on any atom is -0.406 e. The van der Waals surface area contributed by atoms with E-state index >= 15 is 0 Å². The van der Waals surface area contributed by atoms with Gasteiger partial charge < -0.3 is 15.4 Å². The zero-order valence-corrected chi connectivity index (χ0v) is 20.1. The number of nitrogens with one attached hydrogen (secondary N) is 2. The van der Waals surface area contributed by atoms with Crippen LogP contribution in [0.4, 0.5) is 23.7 Å². The summed E-state index contributed by atoms with van der Waals surface area (Å²) in [6.07, 6.45) is -4.85. The molecule has 188 valence electrons. The molecular weight excluding hydrogens is 463 g/mol. The first-order chi connectivity index (χ1) is 16.2. The number of hydrogen-bond donors (Lipinski definition) is 2. The van der Waals surface area contributed by atoms with Gasteiger partial charge in [-0.1, -0.05) is 58.0 Å². The quantitative estimate of drug-likeness (QED) is 0.519. The van der Waals surface area contributed by atoms with Crippen molar-refractivity contribution in [2.45, 2.75) is 58.4 Å². The van der Waals surface area contributed by atoms with Gasteiger partial charge >= 0.3 is 12.4 Å². The normalized spacial score (nSPS) is 18.3. The molecule has 0 radical (unpaired) electrons. The van der Waals surface area contributed by atoms with Crippen molar-refractivity contribution in [3.05, 3.63) is 59.2 Å². The number of halogens is 3. The van der Waals surface area contributed by atoms with Crippen molar-refractivity contribution < 1.29 is 32.3 Å². The predicted octanol–water partition coefficient (Wildman–Crippen LogP) is 5.24. The number of imide groups is 1. The molecule has 2 aromatic rings. The van der Waals surface area contributed by atoms with Gasteiger partial charge in [-0.15, -0.1) is 13.2 Å². The van der Waals surface area contributed by atoms with Crippen LogP contribution >= 0.6 is 0 Å². The van der Waals surface area contributed by atoms with E-state index < -0.39 is 42.0 Å². The van der Waals surface area contributed by atoms with E-state index in [9.17, 15) is 27.6 Å². The average molecular weight is 492 g/mol. The second kappa shape index (κ2) is 9.59. The molecule has 7 nitrogen and oxygen atoms in total. The lowest BCUT2D eigenvalue weighted by molar-refractivity contribution is -0.274. The molecule has 2 aromatic carbocycles. The number of alkyl halides is 3. The first-order valence-electron chi connectivity index (χ1n) is 11.2. The van der Waals surface area contributed by atoms with Crippen molar-refractivity contribution in [3.63, 3.8) is 0 Å². The topological polar surface area (TPSA) is 87.7 Å². The molecule has 2 N–H and O–H groups in total. The monoisotopic (exact) mass is 491 g/mol. The highest BCUT2D eigenvalue weighted by atomic mass is 19.4. The predicted molar refractivity (Wildman–Crippen MR) is 124 cm³/mol. The second-order valence-electron chi connectivity index (χ2n) is 9.19. The van der Waals surface area contributed by atoms with Crippen molar-refractivity contribution in [3.8, 4) is 5.75 Å². The molecule has 0 aromatic heterocycles. The molecule has 0 aliphatic carbocycles. The largest absolute Gasteiger partial charge is 0.573 e. The number of rotatable bonds is 7. The van der Waals surface area contributed by atoms with Gasteiger partial charge in [0.2, 0.25) is 5.91 Å².